The molecule has 0 saturated carbocycles. The summed E-state index contributed by atoms with van der Waals surface area (Å²) in [6, 6.07) is 5.06. The topological polar surface area (TPSA) is 58.6 Å². The number of nitrogens with one attached hydrogen (secondary N) is 1. The van der Waals surface area contributed by atoms with Gasteiger partial charge in [-0.1, -0.05) is 17.7 Å². The molecule has 6 heteroatoms. The van der Waals surface area contributed by atoms with Crippen LogP contribution in [0.4, 0.5) is 11.4 Å². The van der Waals surface area contributed by atoms with Crippen LogP contribution in [-0.4, -0.2) is 32.1 Å². The maximum absolute atomic E-state index is 11.4. The van der Waals surface area contributed by atoms with Crippen LogP contribution in [0.5, 0.6) is 0 Å². The highest BCUT2D eigenvalue weighted by Crippen LogP contribution is 2.29. The average Bonchev–Trinajstić information content (AvgIpc) is 2.39. The van der Waals surface area contributed by atoms with Gasteiger partial charge in [0.05, 0.1) is 17.8 Å². The largest absolute Gasteiger partial charge is 0.468 e. The molecule has 0 atom stereocenters. The minimum atomic E-state index is -0.382. The molecule has 20 heavy (non-hydrogen) atoms. The Morgan fingerprint density at radius 3 is 2.75 bits per heavy atom. The van der Waals surface area contributed by atoms with Gasteiger partial charge in [0, 0.05) is 19.2 Å². The Morgan fingerprint density at radius 1 is 1.50 bits per heavy atom. The van der Waals surface area contributed by atoms with Gasteiger partial charge in [-0.15, -0.1) is 6.58 Å². The Balaban J connectivity index is 3.07. The monoisotopic (exact) mass is 296 g/mol. The number of esters is 1. The van der Waals surface area contributed by atoms with Crippen LogP contribution in [0.2, 0.25) is 5.02 Å². The molecule has 0 bridgehead atoms. The van der Waals surface area contributed by atoms with Crippen molar-refractivity contribution in [2.45, 2.75) is 6.92 Å². The Labute approximate surface area is 123 Å². The first kappa shape index (κ1) is 16.0. The van der Waals surface area contributed by atoms with Crippen LogP contribution < -0.4 is 10.2 Å². The van der Waals surface area contributed by atoms with Gasteiger partial charge in [-0.05, 0) is 18.2 Å². The molecular formula is C14H17ClN2O3. The molecule has 0 aliphatic carbocycles. The van der Waals surface area contributed by atoms with Gasteiger partial charge >= 0.3 is 5.97 Å². The second-order valence-corrected chi connectivity index (χ2v) is 4.50. The van der Waals surface area contributed by atoms with Gasteiger partial charge in [0.25, 0.3) is 0 Å². The molecule has 1 aromatic rings. The molecule has 0 spiro atoms. The molecule has 0 saturated heterocycles. The first-order valence-electron chi connectivity index (χ1n) is 5.97. The highest BCUT2D eigenvalue weighted by molar-refractivity contribution is 6.33. The first-order valence-corrected chi connectivity index (χ1v) is 6.35. The average molecular weight is 297 g/mol. The van der Waals surface area contributed by atoms with Crippen LogP contribution in [-0.2, 0) is 14.3 Å². The van der Waals surface area contributed by atoms with Crippen LogP contribution in [0.1, 0.15) is 6.92 Å². The summed E-state index contributed by atoms with van der Waals surface area (Å²) in [4.78, 5) is 24.2. The van der Waals surface area contributed by atoms with Crippen molar-refractivity contribution >= 4 is 34.9 Å². The summed E-state index contributed by atoms with van der Waals surface area (Å²) in [7, 11) is 1.32. The number of hydrogen-bond acceptors (Lipinski definition) is 4. The Bertz CT molecular complexity index is 517. The number of rotatable bonds is 6. The van der Waals surface area contributed by atoms with Crippen LogP contribution in [0.3, 0.4) is 0 Å². The number of carbonyl (C=O) groups excluding carboxylic acids is 2. The van der Waals surface area contributed by atoms with Gasteiger partial charge in [-0.3, -0.25) is 9.59 Å². The lowest BCUT2D eigenvalue weighted by atomic mass is 10.2. The zero-order valence-corrected chi connectivity index (χ0v) is 12.2. The number of carbonyl (C=O) groups is 2. The summed E-state index contributed by atoms with van der Waals surface area (Å²) in [6.45, 7) is 5.55. The summed E-state index contributed by atoms with van der Waals surface area (Å²) < 4.78 is 4.66. The summed E-state index contributed by atoms with van der Waals surface area (Å²) >= 11 is 6.15. The predicted molar refractivity (Wildman–Crippen MR) is 80.2 cm³/mol. The van der Waals surface area contributed by atoms with Gasteiger partial charge in [0.1, 0.15) is 6.54 Å². The molecule has 5 nitrogen and oxygen atoms in total. The second kappa shape index (κ2) is 7.55. The second-order valence-electron chi connectivity index (χ2n) is 4.09. The van der Waals surface area contributed by atoms with E-state index in [0.717, 1.165) is 0 Å². The van der Waals surface area contributed by atoms with E-state index < -0.39 is 0 Å². The van der Waals surface area contributed by atoms with Crippen molar-refractivity contribution in [2.75, 3.05) is 30.4 Å². The SMILES string of the molecule is C=CCN(CC(=O)OC)c1cc(NC(C)=O)ccc1Cl. The molecule has 0 aromatic heterocycles. The molecule has 1 amide bonds. The molecule has 1 rings (SSSR count). The van der Waals surface area contributed by atoms with E-state index in [9.17, 15) is 9.59 Å². The molecule has 108 valence electrons. The highest BCUT2D eigenvalue weighted by atomic mass is 35.5. The van der Waals surface area contributed by atoms with Crippen LogP contribution in [0.15, 0.2) is 30.9 Å². The Morgan fingerprint density at radius 2 is 2.20 bits per heavy atom. The highest BCUT2D eigenvalue weighted by Gasteiger charge is 2.14. The molecule has 0 aliphatic heterocycles. The quantitative estimate of drug-likeness (QED) is 0.647. The molecule has 0 heterocycles. The van der Waals surface area contributed by atoms with Crippen molar-refractivity contribution in [3.05, 3.63) is 35.9 Å². The fourth-order valence-electron chi connectivity index (χ4n) is 1.66. The number of hydrogen-bond donors (Lipinski definition) is 1. The van der Waals surface area contributed by atoms with Crippen molar-refractivity contribution < 1.29 is 14.3 Å². The van der Waals surface area contributed by atoms with E-state index in [1.54, 1.807) is 29.2 Å². The van der Waals surface area contributed by atoms with Gasteiger partial charge in [0.15, 0.2) is 0 Å². The normalized spacial score (nSPS) is 9.75. The number of nitrogens with zero attached hydrogens (tertiary/aromatic N) is 1. The van der Waals surface area contributed by atoms with Crippen molar-refractivity contribution in [1.29, 1.82) is 0 Å². The van der Waals surface area contributed by atoms with E-state index in [4.69, 9.17) is 11.6 Å². The maximum atomic E-state index is 11.4. The van der Waals surface area contributed by atoms with Gasteiger partial charge < -0.3 is 15.0 Å². The van der Waals surface area contributed by atoms with E-state index in [0.29, 0.717) is 22.9 Å². The first-order chi connectivity index (χ1) is 9.47. The minimum absolute atomic E-state index is 0.0474. The van der Waals surface area contributed by atoms with E-state index >= 15 is 0 Å². The molecule has 1 aromatic carbocycles. The third kappa shape index (κ3) is 4.59. The fourth-order valence-corrected chi connectivity index (χ4v) is 1.90. The summed E-state index contributed by atoms with van der Waals surface area (Å²) in [5.41, 5.74) is 1.24. The van der Waals surface area contributed by atoms with Crippen LogP contribution >= 0.6 is 11.6 Å². The predicted octanol–water partition coefficient (Wildman–Crippen LogP) is 2.46. The lowest BCUT2D eigenvalue weighted by Gasteiger charge is -2.23. The van der Waals surface area contributed by atoms with E-state index in [1.165, 1.54) is 14.0 Å². The molecule has 0 aliphatic rings. The van der Waals surface area contributed by atoms with E-state index in [-0.39, 0.29) is 18.4 Å². The van der Waals surface area contributed by atoms with Crippen molar-refractivity contribution in [3.8, 4) is 0 Å². The van der Waals surface area contributed by atoms with Crippen LogP contribution in [0, 0.1) is 0 Å². The van der Waals surface area contributed by atoms with Crippen molar-refractivity contribution in [3.63, 3.8) is 0 Å². The summed E-state index contributed by atoms with van der Waals surface area (Å²) in [5, 5.41) is 3.15. The van der Waals surface area contributed by atoms with Gasteiger partial charge in [0.2, 0.25) is 5.91 Å². The summed E-state index contributed by atoms with van der Waals surface area (Å²) in [6.07, 6.45) is 1.66. The van der Waals surface area contributed by atoms with Crippen LogP contribution in [0.25, 0.3) is 0 Å². The van der Waals surface area contributed by atoms with Crippen molar-refractivity contribution in [1.82, 2.24) is 0 Å². The van der Waals surface area contributed by atoms with E-state index in [1.807, 2.05) is 0 Å². The zero-order chi connectivity index (χ0) is 15.1. The third-order valence-corrected chi connectivity index (χ3v) is 2.82. The molecule has 0 radical (unpaired) electrons. The smallest absolute Gasteiger partial charge is 0.325 e. The lowest BCUT2D eigenvalue weighted by molar-refractivity contribution is -0.138. The number of halogens is 1. The Hall–Kier alpha value is -2.01. The molecule has 0 unspecified atom stereocenters. The fraction of sp³-hybridized carbons (Fsp3) is 0.286. The Kier molecular flexibility index (Phi) is 6.06. The standard InChI is InChI=1S/C14H17ClN2O3/c1-4-7-17(9-14(19)20-3)13-8-11(16-10(2)18)5-6-12(13)15/h4-6,8H,1,7,9H2,2-3H3,(H,16,18). The minimum Gasteiger partial charge on any atom is -0.468 e. The molecule has 1 N–H and O–H groups in total. The molecular weight excluding hydrogens is 280 g/mol. The lowest BCUT2D eigenvalue weighted by Crippen LogP contribution is -2.31. The van der Waals surface area contributed by atoms with E-state index in [2.05, 4.69) is 16.6 Å². The van der Waals surface area contributed by atoms with Gasteiger partial charge in [-0.2, -0.15) is 0 Å². The number of ether oxygens (including phenoxy) is 1. The number of anilines is 2. The zero-order valence-electron chi connectivity index (χ0n) is 11.5. The number of amides is 1. The van der Waals surface area contributed by atoms with Gasteiger partial charge in [-0.25, -0.2) is 0 Å². The number of methoxy groups -OCH3 is 1. The third-order valence-electron chi connectivity index (χ3n) is 2.50. The molecule has 0 fully saturated rings. The number of benzene rings is 1. The summed E-state index contributed by atoms with van der Waals surface area (Å²) in [5.74, 6) is -0.561. The van der Waals surface area contributed by atoms with Crippen molar-refractivity contribution in [2.24, 2.45) is 0 Å². The maximum Gasteiger partial charge on any atom is 0.325 e.